The SMILES string of the molecule is CC(C)(O)[C@H]1CC[C@H](NC(=O)c2nc(-n3ccnc3)nc3ccccc23)CC1. The van der Waals surface area contributed by atoms with E-state index in [-0.39, 0.29) is 17.9 Å². The van der Waals surface area contributed by atoms with Crippen LogP contribution in [0.15, 0.2) is 43.0 Å². The van der Waals surface area contributed by atoms with Crippen molar-refractivity contribution in [3.8, 4) is 5.95 Å². The van der Waals surface area contributed by atoms with Crippen molar-refractivity contribution in [2.24, 2.45) is 5.92 Å². The van der Waals surface area contributed by atoms with Crippen LogP contribution in [-0.2, 0) is 0 Å². The van der Waals surface area contributed by atoms with Gasteiger partial charge in [-0.25, -0.2) is 15.0 Å². The first-order chi connectivity index (χ1) is 13.4. The van der Waals surface area contributed by atoms with E-state index in [1.807, 2.05) is 38.1 Å². The van der Waals surface area contributed by atoms with E-state index in [1.165, 1.54) is 0 Å². The van der Waals surface area contributed by atoms with E-state index < -0.39 is 5.60 Å². The molecule has 2 N–H and O–H groups in total. The van der Waals surface area contributed by atoms with Gasteiger partial charge in [-0.3, -0.25) is 9.36 Å². The fourth-order valence-electron chi connectivity index (χ4n) is 3.93. The van der Waals surface area contributed by atoms with Crippen molar-refractivity contribution in [1.82, 2.24) is 24.8 Å². The van der Waals surface area contributed by atoms with E-state index in [0.717, 1.165) is 36.6 Å². The van der Waals surface area contributed by atoms with Gasteiger partial charge in [-0.05, 0) is 51.5 Å². The number of aromatic nitrogens is 4. The predicted molar refractivity (Wildman–Crippen MR) is 106 cm³/mol. The number of nitrogens with one attached hydrogen (secondary N) is 1. The van der Waals surface area contributed by atoms with Crippen LogP contribution in [0.2, 0.25) is 0 Å². The quantitative estimate of drug-likeness (QED) is 0.727. The molecule has 7 heteroatoms. The highest BCUT2D eigenvalue weighted by atomic mass is 16.3. The molecular weight excluding hydrogens is 354 g/mol. The van der Waals surface area contributed by atoms with Crippen LogP contribution in [0.3, 0.4) is 0 Å². The van der Waals surface area contributed by atoms with Gasteiger partial charge >= 0.3 is 0 Å². The van der Waals surface area contributed by atoms with E-state index >= 15 is 0 Å². The zero-order valence-electron chi connectivity index (χ0n) is 16.2. The number of benzene rings is 1. The minimum atomic E-state index is -0.669. The number of rotatable bonds is 4. The number of imidazole rings is 1. The van der Waals surface area contributed by atoms with Crippen molar-refractivity contribution in [1.29, 1.82) is 0 Å². The Morgan fingerprint density at radius 1 is 1.18 bits per heavy atom. The summed E-state index contributed by atoms with van der Waals surface area (Å²) in [7, 11) is 0. The molecule has 0 radical (unpaired) electrons. The van der Waals surface area contributed by atoms with Crippen LogP contribution in [0.1, 0.15) is 50.0 Å². The van der Waals surface area contributed by atoms with Crippen molar-refractivity contribution in [2.75, 3.05) is 0 Å². The summed E-state index contributed by atoms with van der Waals surface area (Å²) in [5.74, 6) is 0.507. The lowest BCUT2D eigenvalue weighted by atomic mass is 9.77. The zero-order chi connectivity index (χ0) is 19.7. The topological polar surface area (TPSA) is 92.9 Å². The molecule has 1 aromatic carbocycles. The summed E-state index contributed by atoms with van der Waals surface area (Å²) in [4.78, 5) is 26.2. The number of fused-ring (bicyclic) bond motifs is 1. The van der Waals surface area contributed by atoms with Crippen LogP contribution in [0.25, 0.3) is 16.9 Å². The molecule has 2 heterocycles. The third kappa shape index (κ3) is 3.75. The van der Waals surface area contributed by atoms with Gasteiger partial charge in [0, 0.05) is 23.8 Å². The number of carbonyl (C=O) groups excluding carboxylic acids is 1. The smallest absolute Gasteiger partial charge is 0.270 e. The monoisotopic (exact) mass is 379 g/mol. The lowest BCUT2D eigenvalue weighted by molar-refractivity contribution is -0.00258. The fourth-order valence-corrected chi connectivity index (χ4v) is 3.93. The van der Waals surface area contributed by atoms with E-state index in [4.69, 9.17) is 0 Å². The van der Waals surface area contributed by atoms with Crippen molar-refractivity contribution < 1.29 is 9.90 Å². The van der Waals surface area contributed by atoms with Crippen molar-refractivity contribution in [3.05, 3.63) is 48.7 Å². The molecule has 1 saturated carbocycles. The largest absolute Gasteiger partial charge is 0.390 e. The van der Waals surface area contributed by atoms with Gasteiger partial charge in [0.25, 0.3) is 5.91 Å². The normalized spacial score (nSPS) is 20.2. The molecule has 3 aromatic rings. The van der Waals surface area contributed by atoms with Gasteiger partial charge in [-0.15, -0.1) is 0 Å². The van der Waals surface area contributed by atoms with Crippen molar-refractivity contribution in [2.45, 2.75) is 51.2 Å². The highest BCUT2D eigenvalue weighted by Gasteiger charge is 2.32. The molecular formula is C21H25N5O2. The minimum absolute atomic E-state index is 0.0940. The standard InChI is InChI=1S/C21H25N5O2/c1-21(2,28)14-7-9-15(10-8-14)23-19(27)18-16-5-3-4-6-17(16)24-20(25-18)26-12-11-22-13-26/h3-6,11-15,28H,7-10H2,1-2H3,(H,23,27)/t14-,15-. The van der Waals surface area contributed by atoms with Crippen molar-refractivity contribution >= 4 is 16.8 Å². The van der Waals surface area contributed by atoms with E-state index in [0.29, 0.717) is 11.6 Å². The molecule has 0 spiro atoms. The Morgan fingerprint density at radius 2 is 1.93 bits per heavy atom. The lowest BCUT2D eigenvalue weighted by Gasteiger charge is -2.36. The Hall–Kier alpha value is -2.80. The number of aliphatic hydroxyl groups is 1. The van der Waals surface area contributed by atoms with Gasteiger partial charge in [-0.2, -0.15) is 0 Å². The molecule has 28 heavy (non-hydrogen) atoms. The summed E-state index contributed by atoms with van der Waals surface area (Å²) < 4.78 is 1.69. The molecule has 2 aromatic heterocycles. The lowest BCUT2D eigenvalue weighted by Crippen LogP contribution is -2.42. The molecule has 0 aliphatic heterocycles. The van der Waals surface area contributed by atoms with Gasteiger partial charge in [0.1, 0.15) is 12.0 Å². The van der Waals surface area contributed by atoms with E-state index in [1.54, 1.807) is 23.3 Å². The highest BCUT2D eigenvalue weighted by molar-refractivity contribution is 6.04. The van der Waals surface area contributed by atoms with Gasteiger partial charge in [0.15, 0.2) is 0 Å². The molecule has 0 unspecified atom stereocenters. The zero-order valence-corrected chi connectivity index (χ0v) is 16.2. The van der Waals surface area contributed by atoms with Gasteiger partial charge < -0.3 is 10.4 Å². The second kappa shape index (κ2) is 7.31. The maximum Gasteiger partial charge on any atom is 0.270 e. The second-order valence-corrected chi connectivity index (χ2v) is 8.03. The van der Waals surface area contributed by atoms with Crippen LogP contribution >= 0.6 is 0 Å². The number of nitrogens with zero attached hydrogens (tertiary/aromatic N) is 4. The van der Waals surface area contributed by atoms with Gasteiger partial charge in [-0.1, -0.05) is 18.2 Å². The Labute approximate surface area is 163 Å². The van der Waals surface area contributed by atoms with Crippen LogP contribution < -0.4 is 5.32 Å². The summed E-state index contributed by atoms with van der Waals surface area (Å²) in [5.41, 5.74) is 0.424. The molecule has 0 saturated heterocycles. The molecule has 1 aliphatic rings. The summed E-state index contributed by atoms with van der Waals surface area (Å²) in [5, 5.41) is 14.1. The Bertz CT molecular complexity index is 970. The maximum atomic E-state index is 13.1. The average Bonchev–Trinajstić information content (AvgIpc) is 3.21. The molecule has 1 amide bonds. The van der Waals surface area contributed by atoms with Gasteiger partial charge in [0.2, 0.25) is 5.95 Å². The highest BCUT2D eigenvalue weighted by Crippen LogP contribution is 2.32. The Balaban J connectivity index is 1.57. The Morgan fingerprint density at radius 3 is 2.61 bits per heavy atom. The van der Waals surface area contributed by atoms with Crippen LogP contribution in [-0.4, -0.2) is 42.2 Å². The maximum absolute atomic E-state index is 13.1. The number of carbonyl (C=O) groups is 1. The van der Waals surface area contributed by atoms with Crippen LogP contribution in [0, 0.1) is 5.92 Å². The summed E-state index contributed by atoms with van der Waals surface area (Å²) in [6, 6.07) is 7.62. The van der Waals surface area contributed by atoms with Gasteiger partial charge in [0.05, 0.1) is 11.1 Å². The fraction of sp³-hybridized carbons (Fsp3) is 0.429. The molecule has 146 valence electrons. The average molecular weight is 379 g/mol. The second-order valence-electron chi connectivity index (χ2n) is 8.03. The molecule has 1 fully saturated rings. The number of amides is 1. The summed E-state index contributed by atoms with van der Waals surface area (Å²) >= 11 is 0. The van der Waals surface area contributed by atoms with E-state index in [2.05, 4.69) is 20.3 Å². The summed E-state index contributed by atoms with van der Waals surface area (Å²) in [6.45, 7) is 3.72. The summed E-state index contributed by atoms with van der Waals surface area (Å²) in [6.07, 6.45) is 8.54. The minimum Gasteiger partial charge on any atom is -0.390 e. The number of hydrogen-bond acceptors (Lipinski definition) is 5. The third-order valence-corrected chi connectivity index (χ3v) is 5.60. The molecule has 7 nitrogen and oxygen atoms in total. The van der Waals surface area contributed by atoms with E-state index in [9.17, 15) is 9.90 Å². The first kappa shape index (κ1) is 18.6. The van der Waals surface area contributed by atoms with Crippen molar-refractivity contribution in [3.63, 3.8) is 0 Å². The third-order valence-electron chi connectivity index (χ3n) is 5.60. The molecule has 1 aliphatic carbocycles. The molecule has 4 rings (SSSR count). The number of hydrogen-bond donors (Lipinski definition) is 2. The molecule has 0 atom stereocenters. The van der Waals surface area contributed by atoms with Crippen LogP contribution in [0.4, 0.5) is 0 Å². The number of para-hydroxylation sites is 1. The van der Waals surface area contributed by atoms with Crippen LogP contribution in [0.5, 0.6) is 0 Å². The first-order valence-corrected chi connectivity index (χ1v) is 9.70. The molecule has 0 bridgehead atoms. The first-order valence-electron chi connectivity index (χ1n) is 9.70. The Kier molecular flexibility index (Phi) is 4.85. The predicted octanol–water partition coefficient (Wildman–Crippen LogP) is 2.88.